The number of benzene rings is 1. The van der Waals surface area contributed by atoms with E-state index in [0.717, 1.165) is 6.42 Å². The zero-order valence-electron chi connectivity index (χ0n) is 11.6. The number of nitrogens with one attached hydrogen (secondary N) is 1. The number of ether oxygens (including phenoxy) is 1. The van der Waals surface area contributed by atoms with Gasteiger partial charge in [0.1, 0.15) is 10.6 Å². The molecule has 0 heterocycles. The number of hydrogen-bond donors (Lipinski definition) is 2. The first-order chi connectivity index (χ1) is 9.44. The summed E-state index contributed by atoms with van der Waals surface area (Å²) in [7, 11) is -2.26. The van der Waals surface area contributed by atoms with Crippen molar-refractivity contribution in [1.82, 2.24) is 4.72 Å². The average molecular weight is 322 g/mol. The second kappa shape index (κ2) is 7.83. The normalized spacial score (nSPS) is 13.2. The number of sulfonamides is 1. The maximum atomic E-state index is 12.3. The largest absolute Gasteiger partial charge is 0.495 e. The van der Waals surface area contributed by atoms with E-state index in [-0.39, 0.29) is 29.7 Å². The first-order valence-electron chi connectivity index (χ1n) is 6.38. The summed E-state index contributed by atoms with van der Waals surface area (Å²) in [6.07, 6.45) is 1.36. The highest BCUT2D eigenvalue weighted by atomic mass is 35.5. The lowest BCUT2D eigenvalue weighted by molar-refractivity contribution is 0.254. The van der Waals surface area contributed by atoms with Crippen LogP contribution in [0.3, 0.4) is 0 Å². The lowest BCUT2D eigenvalue weighted by Gasteiger charge is -2.15. The maximum Gasteiger partial charge on any atom is 0.244 e. The van der Waals surface area contributed by atoms with Crippen LogP contribution in [0.2, 0.25) is 5.02 Å². The van der Waals surface area contributed by atoms with Crippen LogP contribution in [0.4, 0.5) is 0 Å². The van der Waals surface area contributed by atoms with Crippen LogP contribution in [0.25, 0.3) is 0 Å². The lowest BCUT2D eigenvalue weighted by Crippen LogP contribution is -2.30. The molecule has 0 spiro atoms. The van der Waals surface area contributed by atoms with E-state index >= 15 is 0 Å². The van der Waals surface area contributed by atoms with E-state index in [1.165, 1.54) is 25.3 Å². The van der Waals surface area contributed by atoms with Gasteiger partial charge in [-0.2, -0.15) is 0 Å². The molecule has 0 aliphatic heterocycles. The third-order valence-electron chi connectivity index (χ3n) is 3.09. The molecule has 0 saturated carbocycles. The standard InChI is InChI=1S/C13H20ClNO4S/c1-3-10(6-7-16)9-15-20(17,18)13-5-4-11(14)8-12(13)19-2/h4-5,8,10,15-16H,3,6-7,9H2,1-2H3. The van der Waals surface area contributed by atoms with E-state index in [0.29, 0.717) is 11.4 Å². The van der Waals surface area contributed by atoms with Crippen molar-refractivity contribution in [1.29, 1.82) is 0 Å². The number of rotatable bonds is 8. The van der Waals surface area contributed by atoms with Gasteiger partial charge in [-0.15, -0.1) is 0 Å². The van der Waals surface area contributed by atoms with Crippen LogP contribution >= 0.6 is 11.6 Å². The van der Waals surface area contributed by atoms with Crippen molar-refractivity contribution >= 4 is 21.6 Å². The topological polar surface area (TPSA) is 75.6 Å². The fraction of sp³-hybridized carbons (Fsp3) is 0.538. The average Bonchev–Trinajstić information content (AvgIpc) is 2.42. The van der Waals surface area contributed by atoms with Crippen molar-refractivity contribution in [3.8, 4) is 5.75 Å². The van der Waals surface area contributed by atoms with Gasteiger partial charge in [0.05, 0.1) is 7.11 Å². The molecule has 0 aliphatic carbocycles. The summed E-state index contributed by atoms with van der Waals surface area (Å²) in [6, 6.07) is 4.38. The predicted octanol–water partition coefficient (Wildman–Crippen LogP) is 2.04. The first-order valence-corrected chi connectivity index (χ1v) is 8.24. The number of aliphatic hydroxyl groups excluding tert-OH is 1. The van der Waals surface area contributed by atoms with E-state index in [1.54, 1.807) is 0 Å². The molecule has 1 aromatic rings. The SMILES string of the molecule is CCC(CCO)CNS(=O)(=O)c1ccc(Cl)cc1OC. The van der Waals surface area contributed by atoms with Crippen LogP contribution in [0.5, 0.6) is 5.75 Å². The second-order valence-corrected chi connectivity index (χ2v) is 6.61. The zero-order valence-corrected chi connectivity index (χ0v) is 13.2. The zero-order chi connectivity index (χ0) is 15.2. The Morgan fingerprint density at radius 2 is 2.15 bits per heavy atom. The molecule has 114 valence electrons. The molecule has 0 aromatic heterocycles. The molecule has 1 unspecified atom stereocenters. The highest BCUT2D eigenvalue weighted by Crippen LogP contribution is 2.27. The fourth-order valence-electron chi connectivity index (χ4n) is 1.80. The minimum atomic E-state index is -3.66. The van der Waals surface area contributed by atoms with Crippen molar-refractivity contribution in [2.75, 3.05) is 20.3 Å². The van der Waals surface area contributed by atoms with Crippen LogP contribution in [-0.2, 0) is 10.0 Å². The van der Waals surface area contributed by atoms with E-state index < -0.39 is 10.0 Å². The number of methoxy groups -OCH3 is 1. The smallest absolute Gasteiger partial charge is 0.244 e. The van der Waals surface area contributed by atoms with E-state index in [1.807, 2.05) is 6.92 Å². The van der Waals surface area contributed by atoms with Gasteiger partial charge in [-0.3, -0.25) is 0 Å². The molecule has 0 radical (unpaired) electrons. The summed E-state index contributed by atoms with van der Waals surface area (Å²) in [5.41, 5.74) is 0. The van der Waals surface area contributed by atoms with Crippen LogP contribution in [0, 0.1) is 5.92 Å². The third-order valence-corrected chi connectivity index (χ3v) is 4.79. The van der Waals surface area contributed by atoms with Crippen molar-refractivity contribution in [2.45, 2.75) is 24.7 Å². The molecule has 1 atom stereocenters. The van der Waals surface area contributed by atoms with Crippen molar-refractivity contribution in [3.63, 3.8) is 0 Å². The quantitative estimate of drug-likeness (QED) is 0.768. The molecule has 5 nitrogen and oxygen atoms in total. The van der Waals surface area contributed by atoms with E-state index in [9.17, 15) is 8.42 Å². The second-order valence-electron chi connectivity index (χ2n) is 4.43. The third kappa shape index (κ3) is 4.63. The highest BCUT2D eigenvalue weighted by Gasteiger charge is 2.20. The predicted molar refractivity (Wildman–Crippen MR) is 78.7 cm³/mol. The molecule has 20 heavy (non-hydrogen) atoms. The van der Waals surface area contributed by atoms with Gasteiger partial charge in [-0.05, 0) is 24.5 Å². The molecule has 0 fully saturated rings. The molecule has 2 N–H and O–H groups in total. The van der Waals surface area contributed by atoms with Gasteiger partial charge in [-0.1, -0.05) is 24.9 Å². The van der Waals surface area contributed by atoms with Gasteiger partial charge in [0.2, 0.25) is 10.0 Å². The van der Waals surface area contributed by atoms with Gasteiger partial charge in [0.15, 0.2) is 0 Å². The molecule has 7 heteroatoms. The molecule has 0 saturated heterocycles. The van der Waals surface area contributed by atoms with E-state index in [2.05, 4.69) is 4.72 Å². The van der Waals surface area contributed by atoms with Crippen LogP contribution in [-0.4, -0.2) is 33.8 Å². The molecule has 0 amide bonds. The summed E-state index contributed by atoms with van der Waals surface area (Å²) in [5, 5.41) is 9.32. The highest BCUT2D eigenvalue weighted by molar-refractivity contribution is 7.89. The van der Waals surface area contributed by atoms with Crippen LogP contribution in [0.1, 0.15) is 19.8 Å². The van der Waals surface area contributed by atoms with E-state index in [4.69, 9.17) is 21.4 Å². The minimum Gasteiger partial charge on any atom is -0.495 e. The first kappa shape index (κ1) is 17.2. The van der Waals surface area contributed by atoms with Crippen molar-refractivity contribution in [3.05, 3.63) is 23.2 Å². The van der Waals surface area contributed by atoms with Gasteiger partial charge < -0.3 is 9.84 Å². The summed E-state index contributed by atoms with van der Waals surface area (Å²) in [6.45, 7) is 2.28. The molecule has 0 bridgehead atoms. The van der Waals surface area contributed by atoms with Gasteiger partial charge in [0, 0.05) is 24.2 Å². The van der Waals surface area contributed by atoms with Crippen molar-refractivity contribution < 1.29 is 18.3 Å². The molecule has 1 aromatic carbocycles. The Balaban J connectivity index is 2.88. The Morgan fingerprint density at radius 3 is 2.70 bits per heavy atom. The Kier molecular flexibility index (Phi) is 6.75. The van der Waals surface area contributed by atoms with Gasteiger partial charge in [-0.25, -0.2) is 13.1 Å². The van der Waals surface area contributed by atoms with Crippen LogP contribution < -0.4 is 9.46 Å². The Hall–Kier alpha value is -0.820. The molecular formula is C13H20ClNO4S. The molecule has 0 aliphatic rings. The molecule has 1 rings (SSSR count). The number of hydrogen-bond acceptors (Lipinski definition) is 4. The Bertz CT molecular complexity index is 533. The molecular weight excluding hydrogens is 302 g/mol. The van der Waals surface area contributed by atoms with Crippen molar-refractivity contribution in [2.24, 2.45) is 5.92 Å². The maximum absolute atomic E-state index is 12.3. The summed E-state index contributed by atoms with van der Waals surface area (Å²) < 4.78 is 32.1. The lowest BCUT2D eigenvalue weighted by atomic mass is 10.0. The van der Waals surface area contributed by atoms with Gasteiger partial charge in [0.25, 0.3) is 0 Å². The fourth-order valence-corrected chi connectivity index (χ4v) is 3.23. The van der Waals surface area contributed by atoms with Crippen LogP contribution in [0.15, 0.2) is 23.1 Å². The Morgan fingerprint density at radius 1 is 1.45 bits per heavy atom. The van der Waals surface area contributed by atoms with Gasteiger partial charge >= 0.3 is 0 Å². The number of halogens is 1. The Labute approximate surface area is 125 Å². The summed E-state index contributed by atoms with van der Waals surface area (Å²) in [4.78, 5) is 0.0586. The summed E-state index contributed by atoms with van der Waals surface area (Å²) in [5.74, 6) is 0.313. The minimum absolute atomic E-state index is 0.0461. The number of aliphatic hydroxyl groups is 1. The monoisotopic (exact) mass is 321 g/mol. The summed E-state index contributed by atoms with van der Waals surface area (Å²) >= 11 is 5.81.